The van der Waals surface area contributed by atoms with Gasteiger partial charge in [-0.15, -0.1) is 0 Å². The Morgan fingerprint density at radius 2 is 2.00 bits per heavy atom. The highest BCUT2D eigenvalue weighted by Crippen LogP contribution is 2.47. The van der Waals surface area contributed by atoms with Gasteiger partial charge in [0.05, 0.1) is 11.5 Å². The van der Waals surface area contributed by atoms with Crippen molar-refractivity contribution in [1.82, 2.24) is 5.32 Å². The summed E-state index contributed by atoms with van der Waals surface area (Å²) in [7, 11) is 0. The minimum absolute atomic E-state index is 0.0128. The molecule has 1 saturated carbocycles. The summed E-state index contributed by atoms with van der Waals surface area (Å²) >= 11 is 1.60. The summed E-state index contributed by atoms with van der Waals surface area (Å²) < 4.78 is 5.84. The third-order valence-electron chi connectivity index (χ3n) is 5.94. The molecule has 0 saturated heterocycles. The monoisotopic (exact) mass is 385 g/mol. The first-order valence-electron chi connectivity index (χ1n) is 9.82. The average molecular weight is 386 g/mol. The first-order valence-corrected chi connectivity index (χ1v) is 10.8. The van der Waals surface area contributed by atoms with E-state index < -0.39 is 0 Å². The molecule has 1 aliphatic heterocycles. The molecule has 1 fully saturated rings. The summed E-state index contributed by atoms with van der Waals surface area (Å²) in [4.78, 5) is 26.2. The highest BCUT2D eigenvalue weighted by atomic mass is 32.1. The van der Waals surface area contributed by atoms with Gasteiger partial charge >= 0.3 is 5.97 Å². The summed E-state index contributed by atoms with van der Waals surface area (Å²) in [6, 6.07) is 2.03. The number of carbonyl (C=O) groups excluding carboxylic acids is 2. The van der Waals surface area contributed by atoms with Crippen LogP contribution in [-0.4, -0.2) is 17.9 Å². The van der Waals surface area contributed by atoms with Crippen molar-refractivity contribution in [3.05, 3.63) is 45.4 Å². The Morgan fingerprint density at radius 1 is 1.26 bits per heavy atom. The Bertz CT molecular complexity index is 813. The predicted octanol–water partition coefficient (Wildman–Crippen LogP) is 4.69. The Hall–Kier alpha value is -1.88. The summed E-state index contributed by atoms with van der Waals surface area (Å²) in [6.45, 7) is 6.09. The van der Waals surface area contributed by atoms with Crippen LogP contribution in [0.3, 0.4) is 0 Å². The van der Waals surface area contributed by atoms with Crippen molar-refractivity contribution in [3.63, 3.8) is 0 Å². The van der Waals surface area contributed by atoms with Gasteiger partial charge in [-0.2, -0.15) is 11.3 Å². The molecule has 2 unspecified atom stereocenters. The smallest absolute Gasteiger partial charge is 0.336 e. The van der Waals surface area contributed by atoms with Crippen molar-refractivity contribution in [2.45, 2.75) is 64.9 Å². The van der Waals surface area contributed by atoms with Crippen molar-refractivity contribution in [1.29, 1.82) is 0 Å². The van der Waals surface area contributed by atoms with Crippen LogP contribution in [0.5, 0.6) is 0 Å². The van der Waals surface area contributed by atoms with Crippen LogP contribution in [0.15, 0.2) is 39.9 Å². The lowest BCUT2D eigenvalue weighted by Gasteiger charge is -2.41. The second-order valence-electron chi connectivity index (χ2n) is 8.72. The number of ether oxygens (including phenoxy) is 1. The van der Waals surface area contributed by atoms with Gasteiger partial charge in [-0.05, 0) is 60.4 Å². The van der Waals surface area contributed by atoms with Crippen LogP contribution >= 0.6 is 11.3 Å². The number of Topliss-reactive ketones (excluding diaryl/α,β-unsaturated/α-hetero) is 1. The van der Waals surface area contributed by atoms with Crippen molar-refractivity contribution in [2.75, 3.05) is 0 Å². The molecule has 2 aliphatic carbocycles. The fourth-order valence-electron chi connectivity index (χ4n) is 4.77. The van der Waals surface area contributed by atoms with Gasteiger partial charge in [0, 0.05) is 23.7 Å². The van der Waals surface area contributed by atoms with Crippen LogP contribution in [0.2, 0.25) is 0 Å². The molecule has 4 nitrogen and oxygen atoms in total. The lowest BCUT2D eigenvalue weighted by Crippen LogP contribution is -2.43. The number of nitrogens with one attached hydrogen (secondary N) is 1. The normalized spacial score (nSPS) is 27.8. The van der Waals surface area contributed by atoms with Crippen molar-refractivity contribution < 1.29 is 14.3 Å². The Kier molecular flexibility index (Phi) is 4.75. The highest BCUT2D eigenvalue weighted by molar-refractivity contribution is 7.08. The lowest BCUT2D eigenvalue weighted by molar-refractivity contribution is -0.144. The van der Waals surface area contributed by atoms with Gasteiger partial charge < -0.3 is 10.1 Å². The molecule has 2 heterocycles. The molecule has 2 atom stereocenters. The topological polar surface area (TPSA) is 55.4 Å². The SMILES string of the molecule is CC1=C(C(=O)OC2CCCC2)C(c2ccsc2)C2C(=O)CC(C)(C)C=C2N1. The number of esters is 1. The number of hydrogen-bond acceptors (Lipinski definition) is 5. The molecular formula is C22H27NO3S. The summed E-state index contributed by atoms with van der Waals surface area (Å²) in [5.74, 6) is -0.664. The zero-order valence-electron chi connectivity index (χ0n) is 16.2. The summed E-state index contributed by atoms with van der Waals surface area (Å²) in [5.41, 5.74) is 3.22. The van der Waals surface area contributed by atoms with E-state index in [-0.39, 0.29) is 35.1 Å². The third kappa shape index (κ3) is 3.49. The first kappa shape index (κ1) is 18.5. The van der Waals surface area contributed by atoms with E-state index in [0.29, 0.717) is 12.0 Å². The molecule has 0 aromatic carbocycles. The quantitative estimate of drug-likeness (QED) is 0.767. The fraction of sp³-hybridized carbons (Fsp3) is 0.545. The minimum Gasteiger partial charge on any atom is -0.459 e. The van der Waals surface area contributed by atoms with E-state index in [1.54, 1.807) is 11.3 Å². The number of allylic oxidation sites excluding steroid dienone is 3. The Morgan fingerprint density at radius 3 is 2.67 bits per heavy atom. The number of hydrogen-bond donors (Lipinski definition) is 1. The van der Waals surface area contributed by atoms with Gasteiger partial charge in [-0.1, -0.05) is 19.9 Å². The van der Waals surface area contributed by atoms with Crippen molar-refractivity contribution >= 4 is 23.1 Å². The molecule has 144 valence electrons. The van der Waals surface area contributed by atoms with Crippen LogP contribution < -0.4 is 5.32 Å². The second-order valence-corrected chi connectivity index (χ2v) is 9.50. The molecule has 3 aliphatic rings. The van der Waals surface area contributed by atoms with E-state index in [4.69, 9.17) is 4.74 Å². The maximum atomic E-state index is 13.1. The summed E-state index contributed by atoms with van der Waals surface area (Å²) in [5, 5.41) is 7.43. The molecule has 0 bridgehead atoms. The molecule has 27 heavy (non-hydrogen) atoms. The van der Waals surface area contributed by atoms with Crippen LogP contribution in [0, 0.1) is 11.3 Å². The molecule has 5 heteroatoms. The molecular weight excluding hydrogens is 358 g/mol. The number of thiophene rings is 1. The minimum atomic E-state index is -0.331. The fourth-order valence-corrected chi connectivity index (χ4v) is 5.47. The standard InChI is InChI=1S/C22H27NO3S/c1-13-18(21(25)26-15-6-4-5-7-15)19(14-8-9-27-12-14)20-16(23-13)10-22(2,3)11-17(20)24/h8-10,12,15,19-20,23H,4-7,11H2,1-3H3. The third-order valence-corrected chi connectivity index (χ3v) is 6.64. The van der Waals surface area contributed by atoms with Crippen molar-refractivity contribution in [3.8, 4) is 0 Å². The molecule has 1 aromatic heterocycles. The van der Waals surface area contributed by atoms with Gasteiger partial charge in [0.1, 0.15) is 11.9 Å². The Labute approximate surface area is 164 Å². The van der Waals surface area contributed by atoms with E-state index in [9.17, 15) is 9.59 Å². The first-order chi connectivity index (χ1) is 12.9. The zero-order chi connectivity index (χ0) is 19.2. The molecule has 0 spiro atoms. The maximum absolute atomic E-state index is 13.1. The second kappa shape index (κ2) is 6.93. The van der Waals surface area contributed by atoms with E-state index in [1.807, 2.05) is 18.4 Å². The van der Waals surface area contributed by atoms with Crippen LogP contribution in [0.25, 0.3) is 0 Å². The molecule has 0 amide bonds. The summed E-state index contributed by atoms with van der Waals surface area (Å²) in [6.07, 6.45) is 6.79. The van der Waals surface area contributed by atoms with Crippen LogP contribution in [-0.2, 0) is 14.3 Å². The van der Waals surface area contributed by atoms with Crippen molar-refractivity contribution in [2.24, 2.45) is 11.3 Å². The molecule has 1 aromatic rings. The average Bonchev–Trinajstić information content (AvgIpc) is 3.25. The van der Waals surface area contributed by atoms with Crippen LogP contribution in [0.1, 0.15) is 64.4 Å². The van der Waals surface area contributed by atoms with E-state index >= 15 is 0 Å². The zero-order valence-corrected chi connectivity index (χ0v) is 17.0. The largest absolute Gasteiger partial charge is 0.459 e. The van der Waals surface area contributed by atoms with E-state index in [0.717, 1.165) is 42.6 Å². The van der Waals surface area contributed by atoms with Gasteiger partial charge in [0.2, 0.25) is 0 Å². The maximum Gasteiger partial charge on any atom is 0.336 e. The predicted molar refractivity (Wildman–Crippen MR) is 106 cm³/mol. The van der Waals surface area contributed by atoms with Gasteiger partial charge in [0.25, 0.3) is 0 Å². The lowest BCUT2D eigenvalue weighted by atomic mass is 9.67. The van der Waals surface area contributed by atoms with Gasteiger partial charge in [-0.3, -0.25) is 4.79 Å². The van der Waals surface area contributed by atoms with E-state index in [1.165, 1.54) is 0 Å². The molecule has 4 rings (SSSR count). The number of fused-ring (bicyclic) bond motifs is 1. The molecule has 1 N–H and O–H groups in total. The van der Waals surface area contributed by atoms with Gasteiger partial charge in [0.15, 0.2) is 0 Å². The van der Waals surface area contributed by atoms with Gasteiger partial charge in [-0.25, -0.2) is 4.79 Å². The number of ketones is 1. The Balaban J connectivity index is 1.76. The highest BCUT2D eigenvalue weighted by Gasteiger charge is 2.46. The number of rotatable bonds is 3. The number of carbonyl (C=O) groups is 2. The molecule has 0 radical (unpaired) electrons. The van der Waals surface area contributed by atoms with Crippen LogP contribution in [0.4, 0.5) is 0 Å². The van der Waals surface area contributed by atoms with E-state index in [2.05, 4.69) is 30.6 Å².